The number of rotatable bonds is 10. The highest BCUT2D eigenvalue weighted by Gasteiger charge is 2.39. The Kier molecular flexibility index (Phi) is 8.31. The molecule has 1 aliphatic rings. The average molecular weight is 402 g/mol. The lowest BCUT2D eigenvalue weighted by atomic mass is 10.1. The molecule has 0 spiro atoms. The average Bonchev–Trinajstić information content (AvgIpc) is 3.08. The molecular weight excluding hydrogens is 380 g/mol. The first-order valence-electron chi connectivity index (χ1n) is 8.33. The predicted octanol–water partition coefficient (Wildman–Crippen LogP) is -3.06. The van der Waals surface area contributed by atoms with Gasteiger partial charge in [0.05, 0.1) is 19.4 Å². The SMILES string of the molecule is NCC(=O)NC(CC(=O)O)C(=O)N1CCCC1C(=O)NC(CC(=O)O)C(=O)O. The van der Waals surface area contributed by atoms with Gasteiger partial charge in [-0.1, -0.05) is 0 Å². The lowest BCUT2D eigenvalue weighted by Gasteiger charge is -2.28. The molecule has 7 N–H and O–H groups in total. The second-order valence-corrected chi connectivity index (χ2v) is 6.11. The number of likely N-dealkylation sites (tertiary alicyclic amines) is 1. The Morgan fingerprint density at radius 3 is 2.04 bits per heavy atom. The summed E-state index contributed by atoms with van der Waals surface area (Å²) in [5.74, 6) is -6.80. The second kappa shape index (κ2) is 10.2. The van der Waals surface area contributed by atoms with Gasteiger partial charge < -0.3 is 36.6 Å². The summed E-state index contributed by atoms with van der Waals surface area (Å²) in [6.45, 7) is -0.384. The number of nitrogens with two attached hydrogens (primary N) is 1. The maximum absolute atomic E-state index is 12.7. The molecule has 0 saturated carbocycles. The molecular formula is C15H22N4O9. The standard InChI is InChI=1S/C15H22N4O9/c16-6-10(20)17-7(4-11(21)22)14(26)19-3-1-2-9(19)13(25)18-8(15(27)28)5-12(23)24/h7-9H,1-6,16H2,(H,17,20)(H,18,25)(H,21,22)(H,23,24)(H,27,28). The van der Waals surface area contributed by atoms with Gasteiger partial charge in [0.15, 0.2) is 0 Å². The van der Waals surface area contributed by atoms with E-state index in [1.54, 1.807) is 0 Å². The normalized spacial score (nSPS) is 18.0. The first-order valence-corrected chi connectivity index (χ1v) is 8.33. The van der Waals surface area contributed by atoms with Crippen molar-refractivity contribution in [2.24, 2.45) is 5.73 Å². The van der Waals surface area contributed by atoms with Gasteiger partial charge in [0, 0.05) is 6.54 Å². The third-order valence-electron chi connectivity index (χ3n) is 4.03. The molecule has 13 nitrogen and oxygen atoms in total. The molecule has 0 aromatic carbocycles. The van der Waals surface area contributed by atoms with E-state index in [-0.39, 0.29) is 13.0 Å². The number of carboxylic acids is 3. The van der Waals surface area contributed by atoms with E-state index in [4.69, 9.17) is 21.1 Å². The highest BCUT2D eigenvalue weighted by molar-refractivity contribution is 5.96. The molecule has 1 aliphatic heterocycles. The number of hydrogen-bond acceptors (Lipinski definition) is 7. The molecule has 13 heteroatoms. The highest BCUT2D eigenvalue weighted by atomic mass is 16.4. The minimum atomic E-state index is -1.69. The topological polar surface area (TPSA) is 216 Å². The molecule has 0 aliphatic carbocycles. The summed E-state index contributed by atoms with van der Waals surface area (Å²) in [4.78, 5) is 70.4. The van der Waals surface area contributed by atoms with Crippen molar-refractivity contribution in [3.63, 3.8) is 0 Å². The van der Waals surface area contributed by atoms with Crippen molar-refractivity contribution in [1.29, 1.82) is 0 Å². The Bertz CT molecular complexity index is 666. The lowest BCUT2D eigenvalue weighted by molar-refractivity contribution is -0.149. The van der Waals surface area contributed by atoms with E-state index in [0.717, 1.165) is 4.90 Å². The zero-order valence-corrected chi connectivity index (χ0v) is 14.8. The predicted molar refractivity (Wildman–Crippen MR) is 89.8 cm³/mol. The fraction of sp³-hybridized carbons (Fsp3) is 0.600. The van der Waals surface area contributed by atoms with E-state index < -0.39 is 73.1 Å². The van der Waals surface area contributed by atoms with Crippen LogP contribution in [0.5, 0.6) is 0 Å². The molecule has 0 aromatic heterocycles. The van der Waals surface area contributed by atoms with Crippen molar-refractivity contribution in [3.05, 3.63) is 0 Å². The van der Waals surface area contributed by atoms with Gasteiger partial charge in [-0.05, 0) is 12.8 Å². The minimum absolute atomic E-state index is 0.0855. The van der Waals surface area contributed by atoms with Crippen molar-refractivity contribution in [3.8, 4) is 0 Å². The van der Waals surface area contributed by atoms with Gasteiger partial charge in [-0.2, -0.15) is 0 Å². The van der Waals surface area contributed by atoms with Crippen LogP contribution in [0.25, 0.3) is 0 Å². The summed E-state index contributed by atoms with van der Waals surface area (Å²) in [6, 6.07) is -4.25. The summed E-state index contributed by atoms with van der Waals surface area (Å²) in [7, 11) is 0. The fourth-order valence-corrected chi connectivity index (χ4v) is 2.77. The fourth-order valence-electron chi connectivity index (χ4n) is 2.77. The maximum atomic E-state index is 12.7. The summed E-state index contributed by atoms with van der Waals surface area (Å²) in [5, 5.41) is 30.9. The van der Waals surface area contributed by atoms with Crippen LogP contribution in [0.15, 0.2) is 0 Å². The number of amides is 3. The Morgan fingerprint density at radius 1 is 0.964 bits per heavy atom. The van der Waals surface area contributed by atoms with Crippen LogP contribution in [0.4, 0.5) is 0 Å². The molecule has 3 amide bonds. The second-order valence-electron chi connectivity index (χ2n) is 6.11. The molecule has 1 fully saturated rings. The van der Waals surface area contributed by atoms with Crippen LogP contribution in [0.1, 0.15) is 25.7 Å². The van der Waals surface area contributed by atoms with Gasteiger partial charge in [0.1, 0.15) is 18.1 Å². The zero-order chi connectivity index (χ0) is 21.4. The lowest BCUT2D eigenvalue weighted by Crippen LogP contribution is -2.56. The van der Waals surface area contributed by atoms with Crippen molar-refractivity contribution in [2.45, 2.75) is 43.8 Å². The van der Waals surface area contributed by atoms with E-state index in [1.807, 2.05) is 0 Å². The molecule has 1 saturated heterocycles. The van der Waals surface area contributed by atoms with E-state index in [0.29, 0.717) is 6.42 Å². The van der Waals surface area contributed by atoms with Crippen molar-refractivity contribution in [2.75, 3.05) is 13.1 Å². The quantitative estimate of drug-likeness (QED) is 0.217. The Morgan fingerprint density at radius 2 is 1.54 bits per heavy atom. The zero-order valence-electron chi connectivity index (χ0n) is 14.8. The van der Waals surface area contributed by atoms with Crippen LogP contribution in [0.3, 0.4) is 0 Å². The number of carbonyl (C=O) groups is 6. The van der Waals surface area contributed by atoms with Crippen molar-refractivity contribution in [1.82, 2.24) is 15.5 Å². The van der Waals surface area contributed by atoms with E-state index in [2.05, 4.69) is 10.6 Å². The third-order valence-corrected chi connectivity index (χ3v) is 4.03. The first kappa shape index (κ1) is 22.8. The highest BCUT2D eigenvalue weighted by Crippen LogP contribution is 2.19. The van der Waals surface area contributed by atoms with Gasteiger partial charge >= 0.3 is 17.9 Å². The van der Waals surface area contributed by atoms with Crippen LogP contribution in [0.2, 0.25) is 0 Å². The summed E-state index contributed by atoms with van der Waals surface area (Å²) in [6.07, 6.45) is -1.03. The monoisotopic (exact) mass is 402 g/mol. The van der Waals surface area contributed by atoms with Crippen LogP contribution in [-0.4, -0.2) is 87.1 Å². The molecule has 3 atom stereocenters. The number of carboxylic acid groups (broad SMARTS) is 3. The first-order chi connectivity index (χ1) is 13.1. The van der Waals surface area contributed by atoms with Crippen molar-refractivity contribution >= 4 is 35.6 Å². The van der Waals surface area contributed by atoms with Crippen molar-refractivity contribution < 1.29 is 44.1 Å². The number of carbonyl (C=O) groups excluding carboxylic acids is 3. The van der Waals surface area contributed by atoms with Gasteiger partial charge in [-0.15, -0.1) is 0 Å². The summed E-state index contributed by atoms with van der Waals surface area (Å²) < 4.78 is 0. The smallest absolute Gasteiger partial charge is 0.326 e. The largest absolute Gasteiger partial charge is 0.481 e. The molecule has 1 rings (SSSR count). The van der Waals surface area contributed by atoms with Gasteiger partial charge in [0.25, 0.3) is 0 Å². The maximum Gasteiger partial charge on any atom is 0.326 e. The molecule has 0 aromatic rings. The van der Waals surface area contributed by atoms with Crippen LogP contribution < -0.4 is 16.4 Å². The molecule has 156 valence electrons. The van der Waals surface area contributed by atoms with E-state index >= 15 is 0 Å². The van der Waals surface area contributed by atoms with E-state index in [1.165, 1.54) is 0 Å². The van der Waals surface area contributed by atoms with Gasteiger partial charge in [0.2, 0.25) is 17.7 Å². The molecule has 0 bridgehead atoms. The van der Waals surface area contributed by atoms with Gasteiger partial charge in [-0.3, -0.25) is 24.0 Å². The number of aliphatic carboxylic acids is 3. The Balaban J connectivity index is 2.92. The number of nitrogens with zero attached hydrogens (tertiary/aromatic N) is 1. The molecule has 1 heterocycles. The third kappa shape index (κ3) is 6.50. The molecule has 28 heavy (non-hydrogen) atoms. The van der Waals surface area contributed by atoms with Gasteiger partial charge in [-0.25, -0.2) is 4.79 Å². The minimum Gasteiger partial charge on any atom is -0.481 e. The van der Waals surface area contributed by atoms with Crippen LogP contribution >= 0.6 is 0 Å². The summed E-state index contributed by atoms with van der Waals surface area (Å²) >= 11 is 0. The van der Waals surface area contributed by atoms with E-state index in [9.17, 15) is 28.8 Å². The Hall–Kier alpha value is -3.22. The molecule has 3 unspecified atom stereocenters. The number of nitrogens with one attached hydrogen (secondary N) is 2. The van der Waals surface area contributed by atoms with Crippen LogP contribution in [-0.2, 0) is 28.8 Å². The number of hydrogen-bond donors (Lipinski definition) is 6. The Labute approximate surface area is 158 Å². The van der Waals surface area contributed by atoms with Crippen LogP contribution in [0, 0.1) is 0 Å². The molecule has 0 radical (unpaired) electrons. The summed E-state index contributed by atoms with van der Waals surface area (Å²) in [5.41, 5.74) is 5.15.